The van der Waals surface area contributed by atoms with Crippen LogP contribution in [0.2, 0.25) is 0 Å². The number of hydrogen-bond donors (Lipinski definition) is 1. The van der Waals surface area contributed by atoms with E-state index in [-0.39, 0.29) is 11.5 Å². The molecule has 0 fully saturated rings. The quantitative estimate of drug-likeness (QED) is 0.808. The van der Waals surface area contributed by atoms with Gasteiger partial charge < -0.3 is 5.73 Å². The average Bonchev–Trinajstić information content (AvgIpc) is 2.71. The number of aromatic nitrogens is 1. The molecule has 0 spiro atoms. The van der Waals surface area contributed by atoms with Gasteiger partial charge in [-0.3, -0.25) is 0 Å². The molecule has 16 heavy (non-hydrogen) atoms. The van der Waals surface area contributed by atoms with Crippen LogP contribution < -0.4 is 5.73 Å². The van der Waals surface area contributed by atoms with E-state index in [1.54, 1.807) is 23.5 Å². The summed E-state index contributed by atoms with van der Waals surface area (Å²) in [5.41, 5.74) is 7.41. The molecule has 2 aromatic rings. The van der Waals surface area contributed by atoms with Crippen LogP contribution in [-0.2, 0) is 0 Å². The molecule has 1 aromatic carbocycles. The lowest BCUT2D eigenvalue weighted by Gasteiger charge is -2.00. The topological polar surface area (TPSA) is 38.9 Å². The number of halogens is 1. The van der Waals surface area contributed by atoms with Crippen molar-refractivity contribution in [2.75, 3.05) is 5.73 Å². The minimum absolute atomic E-state index is 0.164. The van der Waals surface area contributed by atoms with Crippen molar-refractivity contribution in [2.45, 2.75) is 19.8 Å². The second-order valence-electron chi connectivity index (χ2n) is 3.96. The Labute approximate surface area is 97.9 Å². The van der Waals surface area contributed by atoms with Crippen molar-refractivity contribution < 1.29 is 4.39 Å². The summed E-state index contributed by atoms with van der Waals surface area (Å²) in [5, 5.41) is 3.06. The summed E-state index contributed by atoms with van der Waals surface area (Å²) in [4.78, 5) is 4.49. The van der Waals surface area contributed by atoms with E-state index in [0.717, 1.165) is 16.3 Å². The summed E-state index contributed by atoms with van der Waals surface area (Å²) >= 11 is 1.62. The van der Waals surface area contributed by atoms with Gasteiger partial charge in [-0.1, -0.05) is 13.8 Å². The highest BCUT2D eigenvalue weighted by Gasteiger charge is 2.08. The van der Waals surface area contributed by atoms with Crippen molar-refractivity contribution in [3.8, 4) is 11.3 Å². The zero-order valence-electron chi connectivity index (χ0n) is 9.20. The average molecular weight is 236 g/mol. The lowest BCUT2D eigenvalue weighted by atomic mass is 10.1. The lowest BCUT2D eigenvalue weighted by molar-refractivity contribution is 0.632. The Balaban J connectivity index is 2.39. The van der Waals surface area contributed by atoms with E-state index in [0.29, 0.717) is 5.92 Å². The molecule has 2 rings (SSSR count). The van der Waals surface area contributed by atoms with E-state index in [1.807, 2.05) is 5.38 Å². The van der Waals surface area contributed by atoms with Crippen LogP contribution in [0.15, 0.2) is 23.6 Å². The molecular weight excluding hydrogens is 223 g/mol. The van der Waals surface area contributed by atoms with Crippen LogP contribution in [0.5, 0.6) is 0 Å². The maximum atomic E-state index is 13.0. The van der Waals surface area contributed by atoms with Gasteiger partial charge in [-0.15, -0.1) is 11.3 Å². The molecule has 0 aliphatic rings. The van der Waals surface area contributed by atoms with Crippen molar-refractivity contribution in [3.63, 3.8) is 0 Å². The molecule has 0 saturated heterocycles. The molecule has 0 unspecified atom stereocenters. The number of hydrogen-bond acceptors (Lipinski definition) is 3. The molecule has 0 aliphatic carbocycles. The van der Waals surface area contributed by atoms with Crippen molar-refractivity contribution in [1.29, 1.82) is 0 Å². The number of thiazole rings is 1. The van der Waals surface area contributed by atoms with Gasteiger partial charge >= 0.3 is 0 Å². The molecule has 2 nitrogen and oxygen atoms in total. The van der Waals surface area contributed by atoms with Gasteiger partial charge in [0, 0.05) is 16.9 Å². The smallest absolute Gasteiger partial charge is 0.146 e. The van der Waals surface area contributed by atoms with Gasteiger partial charge in [0.1, 0.15) is 5.82 Å². The monoisotopic (exact) mass is 236 g/mol. The zero-order chi connectivity index (χ0) is 11.7. The van der Waals surface area contributed by atoms with Crippen LogP contribution in [0.25, 0.3) is 11.3 Å². The Morgan fingerprint density at radius 1 is 1.38 bits per heavy atom. The fourth-order valence-electron chi connectivity index (χ4n) is 1.39. The SMILES string of the molecule is CC(C)c1nc(-c2ccc(F)c(N)c2)cs1. The van der Waals surface area contributed by atoms with Crippen molar-refractivity contribution >= 4 is 17.0 Å². The van der Waals surface area contributed by atoms with Crippen LogP contribution in [0.4, 0.5) is 10.1 Å². The standard InChI is InChI=1S/C12H13FN2S/c1-7(2)12-15-11(6-16-12)8-3-4-9(13)10(14)5-8/h3-7H,14H2,1-2H3. The van der Waals surface area contributed by atoms with Gasteiger partial charge in [0.05, 0.1) is 16.4 Å². The second-order valence-corrected chi connectivity index (χ2v) is 4.85. The summed E-state index contributed by atoms with van der Waals surface area (Å²) in [6, 6.07) is 4.69. The molecule has 0 radical (unpaired) electrons. The molecule has 84 valence electrons. The minimum Gasteiger partial charge on any atom is -0.396 e. The van der Waals surface area contributed by atoms with E-state index in [1.165, 1.54) is 6.07 Å². The number of rotatable bonds is 2. The molecule has 0 aliphatic heterocycles. The van der Waals surface area contributed by atoms with E-state index >= 15 is 0 Å². The van der Waals surface area contributed by atoms with Crippen molar-refractivity contribution in [2.24, 2.45) is 0 Å². The van der Waals surface area contributed by atoms with Gasteiger partial charge in [-0.2, -0.15) is 0 Å². The maximum Gasteiger partial charge on any atom is 0.146 e. The lowest BCUT2D eigenvalue weighted by Crippen LogP contribution is -1.91. The van der Waals surface area contributed by atoms with E-state index in [9.17, 15) is 4.39 Å². The third kappa shape index (κ3) is 2.07. The molecule has 0 amide bonds. The molecular formula is C12H13FN2S. The highest BCUT2D eigenvalue weighted by atomic mass is 32.1. The Bertz CT molecular complexity index is 505. The van der Waals surface area contributed by atoms with E-state index in [4.69, 9.17) is 5.73 Å². The molecule has 0 bridgehead atoms. The number of nitrogens with zero attached hydrogens (tertiary/aromatic N) is 1. The van der Waals surface area contributed by atoms with E-state index < -0.39 is 0 Å². The number of nitrogen functional groups attached to an aromatic ring is 1. The summed E-state index contributed by atoms with van der Waals surface area (Å²) in [6.45, 7) is 4.20. The van der Waals surface area contributed by atoms with Gasteiger partial charge in [0.25, 0.3) is 0 Å². The van der Waals surface area contributed by atoms with E-state index in [2.05, 4.69) is 18.8 Å². The molecule has 0 atom stereocenters. The Kier molecular flexibility index (Phi) is 2.92. The van der Waals surface area contributed by atoms with Crippen molar-refractivity contribution in [3.05, 3.63) is 34.4 Å². The number of nitrogens with two attached hydrogens (primary N) is 1. The van der Waals surface area contributed by atoms with Crippen LogP contribution in [0.1, 0.15) is 24.8 Å². The fourth-order valence-corrected chi connectivity index (χ4v) is 2.23. The largest absolute Gasteiger partial charge is 0.396 e. The first-order chi connectivity index (χ1) is 7.58. The molecule has 0 saturated carbocycles. The van der Waals surface area contributed by atoms with Gasteiger partial charge in [-0.25, -0.2) is 9.37 Å². The fraction of sp³-hybridized carbons (Fsp3) is 0.250. The minimum atomic E-state index is -0.386. The van der Waals surface area contributed by atoms with Crippen LogP contribution >= 0.6 is 11.3 Å². The van der Waals surface area contributed by atoms with Gasteiger partial charge in [0.15, 0.2) is 0 Å². The first-order valence-electron chi connectivity index (χ1n) is 5.08. The van der Waals surface area contributed by atoms with Crippen LogP contribution in [-0.4, -0.2) is 4.98 Å². The highest BCUT2D eigenvalue weighted by molar-refractivity contribution is 7.10. The predicted molar refractivity (Wildman–Crippen MR) is 66.0 cm³/mol. The molecule has 2 N–H and O–H groups in total. The van der Waals surface area contributed by atoms with Gasteiger partial charge in [-0.05, 0) is 18.2 Å². The van der Waals surface area contributed by atoms with Gasteiger partial charge in [0.2, 0.25) is 0 Å². The molecule has 1 aromatic heterocycles. The summed E-state index contributed by atoms with van der Waals surface area (Å²) < 4.78 is 13.0. The van der Waals surface area contributed by atoms with Crippen LogP contribution in [0.3, 0.4) is 0 Å². The normalized spacial score (nSPS) is 11.0. The number of anilines is 1. The summed E-state index contributed by atoms with van der Waals surface area (Å²) in [5.74, 6) is 0.0274. The second kappa shape index (κ2) is 4.22. The summed E-state index contributed by atoms with van der Waals surface area (Å²) in [7, 11) is 0. The Morgan fingerprint density at radius 3 is 2.69 bits per heavy atom. The predicted octanol–water partition coefficient (Wildman–Crippen LogP) is 3.65. The summed E-state index contributed by atoms with van der Waals surface area (Å²) in [6.07, 6.45) is 0. The maximum absolute atomic E-state index is 13.0. The Hall–Kier alpha value is -1.42. The zero-order valence-corrected chi connectivity index (χ0v) is 10.0. The Morgan fingerprint density at radius 2 is 2.12 bits per heavy atom. The third-order valence-electron chi connectivity index (χ3n) is 2.31. The first kappa shape index (κ1) is 11.1. The third-order valence-corrected chi connectivity index (χ3v) is 3.45. The van der Waals surface area contributed by atoms with Crippen LogP contribution in [0, 0.1) is 5.82 Å². The van der Waals surface area contributed by atoms with Crippen molar-refractivity contribution in [1.82, 2.24) is 4.98 Å². The number of benzene rings is 1. The molecule has 4 heteroatoms. The molecule has 1 heterocycles. The first-order valence-corrected chi connectivity index (χ1v) is 5.96. The highest BCUT2D eigenvalue weighted by Crippen LogP contribution is 2.27.